The summed E-state index contributed by atoms with van der Waals surface area (Å²) < 4.78 is 33.6. The summed E-state index contributed by atoms with van der Waals surface area (Å²) in [5.74, 6) is 0.380. The lowest BCUT2D eigenvalue weighted by Crippen LogP contribution is -2.42. The Balaban J connectivity index is 2.44. The van der Waals surface area contributed by atoms with Crippen molar-refractivity contribution >= 4 is 26.0 Å². The van der Waals surface area contributed by atoms with Gasteiger partial charge in [0.1, 0.15) is 10.6 Å². The van der Waals surface area contributed by atoms with Crippen LogP contribution in [0.3, 0.4) is 0 Å². The molecule has 0 bridgehead atoms. The zero-order valence-corrected chi connectivity index (χ0v) is 14.7. The summed E-state index contributed by atoms with van der Waals surface area (Å²) in [5.41, 5.74) is 0. The molecule has 1 saturated heterocycles. The van der Waals surface area contributed by atoms with Gasteiger partial charge in [-0.1, -0.05) is 22.9 Å². The SMILES string of the molecule is CCCN(C1CCNC1)S(=O)(=O)c1cc(Br)ccc1OC. The number of halogens is 1. The predicted molar refractivity (Wildman–Crippen MR) is 86.2 cm³/mol. The monoisotopic (exact) mass is 376 g/mol. The first-order chi connectivity index (χ1) is 10.0. The van der Waals surface area contributed by atoms with Gasteiger partial charge >= 0.3 is 0 Å². The van der Waals surface area contributed by atoms with Crippen molar-refractivity contribution < 1.29 is 13.2 Å². The molecule has 7 heteroatoms. The molecule has 0 saturated carbocycles. The lowest BCUT2D eigenvalue weighted by molar-refractivity contribution is 0.331. The number of hydrogen-bond donors (Lipinski definition) is 1. The van der Waals surface area contributed by atoms with E-state index in [9.17, 15) is 8.42 Å². The number of benzene rings is 1. The van der Waals surface area contributed by atoms with Gasteiger partial charge in [0.2, 0.25) is 10.0 Å². The van der Waals surface area contributed by atoms with Crippen molar-refractivity contribution in [3.8, 4) is 5.75 Å². The summed E-state index contributed by atoms with van der Waals surface area (Å²) in [4.78, 5) is 0.222. The molecule has 118 valence electrons. The standard InChI is InChI=1S/C14H21BrN2O3S/c1-3-8-17(12-6-7-16-10-12)21(18,19)14-9-11(15)4-5-13(14)20-2/h4-5,9,12,16H,3,6-8,10H2,1-2H3. The first-order valence-corrected chi connectivity index (χ1v) is 9.30. The number of ether oxygens (including phenoxy) is 1. The van der Waals surface area contributed by atoms with Gasteiger partial charge in [0.05, 0.1) is 7.11 Å². The zero-order valence-electron chi connectivity index (χ0n) is 12.3. The number of methoxy groups -OCH3 is 1. The minimum atomic E-state index is -3.57. The fourth-order valence-corrected chi connectivity index (χ4v) is 5.03. The van der Waals surface area contributed by atoms with E-state index in [1.165, 1.54) is 7.11 Å². The number of hydrogen-bond acceptors (Lipinski definition) is 4. The average Bonchev–Trinajstić information content (AvgIpc) is 2.98. The summed E-state index contributed by atoms with van der Waals surface area (Å²) in [6, 6.07) is 5.07. The first kappa shape index (κ1) is 16.7. The highest BCUT2D eigenvalue weighted by Gasteiger charge is 2.34. The Hall–Kier alpha value is -0.630. The maximum absolute atomic E-state index is 13.0. The number of nitrogens with zero attached hydrogens (tertiary/aromatic N) is 1. The first-order valence-electron chi connectivity index (χ1n) is 7.06. The lowest BCUT2D eigenvalue weighted by atomic mass is 10.2. The van der Waals surface area contributed by atoms with Crippen molar-refractivity contribution in [2.75, 3.05) is 26.7 Å². The van der Waals surface area contributed by atoms with Gasteiger partial charge in [-0.05, 0) is 37.6 Å². The Labute approximate surface area is 134 Å². The van der Waals surface area contributed by atoms with E-state index in [0.717, 1.165) is 23.9 Å². The van der Waals surface area contributed by atoms with Crippen LogP contribution in [-0.2, 0) is 10.0 Å². The van der Waals surface area contributed by atoms with Crippen LogP contribution in [0.4, 0.5) is 0 Å². The molecule has 0 spiro atoms. The van der Waals surface area contributed by atoms with Crippen molar-refractivity contribution in [3.63, 3.8) is 0 Å². The molecule has 1 atom stereocenters. The zero-order chi connectivity index (χ0) is 15.5. The highest BCUT2D eigenvalue weighted by molar-refractivity contribution is 9.10. The molecule has 5 nitrogen and oxygen atoms in total. The molecule has 1 heterocycles. The van der Waals surface area contributed by atoms with Crippen molar-refractivity contribution in [1.82, 2.24) is 9.62 Å². The van der Waals surface area contributed by atoms with Crippen LogP contribution in [0, 0.1) is 0 Å². The Morgan fingerprint density at radius 1 is 1.48 bits per heavy atom. The van der Waals surface area contributed by atoms with Gasteiger partial charge in [-0.25, -0.2) is 8.42 Å². The third kappa shape index (κ3) is 3.59. The molecule has 1 N–H and O–H groups in total. The Kier molecular flexibility index (Phi) is 5.65. The van der Waals surface area contributed by atoms with Crippen LogP contribution < -0.4 is 10.1 Å². The van der Waals surface area contributed by atoms with Crippen molar-refractivity contribution in [3.05, 3.63) is 22.7 Å². The van der Waals surface area contributed by atoms with Gasteiger partial charge in [0.25, 0.3) is 0 Å². The molecule has 0 aromatic heterocycles. The second-order valence-electron chi connectivity index (χ2n) is 5.06. The summed E-state index contributed by atoms with van der Waals surface area (Å²) in [6.07, 6.45) is 1.63. The number of nitrogens with one attached hydrogen (secondary N) is 1. The predicted octanol–water partition coefficient (Wildman–Crippen LogP) is 2.22. The molecule has 21 heavy (non-hydrogen) atoms. The number of rotatable bonds is 6. The number of sulfonamides is 1. The third-order valence-corrected chi connectivity index (χ3v) is 6.06. The lowest BCUT2D eigenvalue weighted by Gasteiger charge is -2.28. The largest absolute Gasteiger partial charge is 0.495 e. The second kappa shape index (κ2) is 7.09. The highest BCUT2D eigenvalue weighted by Crippen LogP contribution is 2.31. The molecule has 1 aromatic carbocycles. The van der Waals surface area contributed by atoms with Crippen LogP contribution >= 0.6 is 15.9 Å². The molecule has 0 amide bonds. The van der Waals surface area contributed by atoms with E-state index in [0.29, 0.717) is 18.8 Å². The van der Waals surface area contributed by atoms with Gasteiger partial charge in [-0.15, -0.1) is 0 Å². The van der Waals surface area contributed by atoms with E-state index in [1.54, 1.807) is 22.5 Å². The normalized spacial score (nSPS) is 19.1. The molecular formula is C14H21BrN2O3S. The van der Waals surface area contributed by atoms with Crippen molar-refractivity contribution in [1.29, 1.82) is 0 Å². The fourth-order valence-electron chi connectivity index (χ4n) is 2.58. The van der Waals surface area contributed by atoms with Crippen molar-refractivity contribution in [2.45, 2.75) is 30.7 Å². The maximum atomic E-state index is 13.0. The molecule has 1 aliphatic rings. The molecule has 0 aliphatic carbocycles. The van der Waals surface area contributed by atoms with Crippen LogP contribution in [0.25, 0.3) is 0 Å². The Morgan fingerprint density at radius 3 is 2.81 bits per heavy atom. The van der Waals surface area contributed by atoms with E-state index in [4.69, 9.17) is 4.74 Å². The summed E-state index contributed by atoms with van der Waals surface area (Å²) in [6.45, 7) is 4.07. The van der Waals surface area contributed by atoms with Gasteiger partial charge in [-0.2, -0.15) is 4.31 Å². The minimum absolute atomic E-state index is 0.0126. The van der Waals surface area contributed by atoms with E-state index in [2.05, 4.69) is 21.2 Å². The van der Waals surface area contributed by atoms with E-state index in [1.807, 2.05) is 6.92 Å². The topological polar surface area (TPSA) is 58.6 Å². The van der Waals surface area contributed by atoms with Gasteiger partial charge in [-0.3, -0.25) is 0 Å². The van der Waals surface area contributed by atoms with Crippen LogP contribution in [0.15, 0.2) is 27.6 Å². The molecule has 1 fully saturated rings. The van der Waals surface area contributed by atoms with E-state index >= 15 is 0 Å². The second-order valence-corrected chi connectivity index (χ2v) is 7.83. The molecule has 1 unspecified atom stereocenters. The van der Waals surface area contributed by atoms with E-state index in [-0.39, 0.29) is 10.9 Å². The maximum Gasteiger partial charge on any atom is 0.247 e. The fraction of sp³-hybridized carbons (Fsp3) is 0.571. The highest BCUT2D eigenvalue weighted by atomic mass is 79.9. The van der Waals surface area contributed by atoms with E-state index < -0.39 is 10.0 Å². The summed E-state index contributed by atoms with van der Waals surface area (Å²) in [7, 11) is -2.08. The van der Waals surface area contributed by atoms with Gasteiger partial charge in [0.15, 0.2) is 0 Å². The third-order valence-electron chi connectivity index (χ3n) is 3.60. The smallest absolute Gasteiger partial charge is 0.247 e. The minimum Gasteiger partial charge on any atom is -0.495 e. The van der Waals surface area contributed by atoms with Crippen molar-refractivity contribution in [2.24, 2.45) is 0 Å². The quantitative estimate of drug-likeness (QED) is 0.826. The van der Waals surface area contributed by atoms with Gasteiger partial charge in [0, 0.05) is 23.6 Å². The van der Waals surface area contributed by atoms with Crippen LogP contribution in [0.5, 0.6) is 5.75 Å². The molecule has 2 rings (SSSR count). The molecule has 1 aliphatic heterocycles. The van der Waals surface area contributed by atoms with Crippen LogP contribution in [0.1, 0.15) is 19.8 Å². The molecular weight excluding hydrogens is 356 g/mol. The van der Waals surface area contributed by atoms with Crippen LogP contribution in [-0.4, -0.2) is 45.5 Å². The Bertz CT molecular complexity index is 586. The Morgan fingerprint density at radius 2 is 2.24 bits per heavy atom. The van der Waals surface area contributed by atoms with Gasteiger partial charge < -0.3 is 10.1 Å². The summed E-state index contributed by atoms with van der Waals surface area (Å²) in [5, 5.41) is 3.23. The molecule has 0 radical (unpaired) electrons. The summed E-state index contributed by atoms with van der Waals surface area (Å²) >= 11 is 3.34. The average molecular weight is 377 g/mol. The molecule has 1 aromatic rings. The van der Waals surface area contributed by atoms with Crippen LogP contribution in [0.2, 0.25) is 0 Å².